The topological polar surface area (TPSA) is 23.5 Å². The molecule has 0 bridgehead atoms. The molecule has 1 saturated carbocycles. The van der Waals surface area contributed by atoms with Crippen LogP contribution in [-0.4, -0.2) is 41.5 Å². The first-order valence-electron chi connectivity index (χ1n) is 5.38. The molecule has 3 unspecified atom stereocenters. The lowest BCUT2D eigenvalue weighted by Crippen LogP contribution is -2.26. The third-order valence-corrected chi connectivity index (χ3v) is 4.01. The van der Waals surface area contributed by atoms with Crippen molar-refractivity contribution in [1.29, 1.82) is 0 Å². The summed E-state index contributed by atoms with van der Waals surface area (Å²) in [4.78, 5) is 2.41. The van der Waals surface area contributed by atoms with E-state index in [-0.39, 0.29) is 6.10 Å². The fourth-order valence-electron chi connectivity index (χ4n) is 2.82. The standard InChI is InChI=1S/C11H19NOS/c1-8(7-14)4-12-5-9-2-3-11(13)10(9)6-12/h9-11,13-14H,1-7H2. The van der Waals surface area contributed by atoms with Crippen LogP contribution in [0.4, 0.5) is 0 Å². The van der Waals surface area contributed by atoms with E-state index in [0.717, 1.165) is 37.7 Å². The SMILES string of the molecule is C=C(CS)CN1CC2CCC(O)C2C1. The number of thiol groups is 1. The number of likely N-dealkylation sites (tertiary alicyclic amines) is 1. The van der Waals surface area contributed by atoms with Crippen molar-refractivity contribution in [3.05, 3.63) is 12.2 Å². The summed E-state index contributed by atoms with van der Waals surface area (Å²) in [5.74, 6) is 2.04. The van der Waals surface area contributed by atoms with Crippen molar-refractivity contribution in [2.24, 2.45) is 11.8 Å². The van der Waals surface area contributed by atoms with Gasteiger partial charge in [-0.05, 0) is 18.8 Å². The smallest absolute Gasteiger partial charge is 0.0583 e. The minimum Gasteiger partial charge on any atom is -0.393 e. The summed E-state index contributed by atoms with van der Waals surface area (Å²) in [7, 11) is 0. The summed E-state index contributed by atoms with van der Waals surface area (Å²) in [6, 6.07) is 0. The zero-order chi connectivity index (χ0) is 10.1. The summed E-state index contributed by atoms with van der Waals surface area (Å²) in [5.41, 5.74) is 1.18. The van der Waals surface area contributed by atoms with Gasteiger partial charge in [-0.1, -0.05) is 12.2 Å². The van der Waals surface area contributed by atoms with E-state index in [2.05, 4.69) is 24.1 Å². The summed E-state index contributed by atoms with van der Waals surface area (Å²) < 4.78 is 0. The van der Waals surface area contributed by atoms with Gasteiger partial charge in [0.1, 0.15) is 0 Å². The molecule has 1 aliphatic carbocycles. The van der Waals surface area contributed by atoms with Crippen LogP contribution in [0.1, 0.15) is 12.8 Å². The molecule has 1 N–H and O–H groups in total. The lowest BCUT2D eigenvalue weighted by molar-refractivity contribution is 0.125. The van der Waals surface area contributed by atoms with Gasteiger partial charge in [-0.15, -0.1) is 0 Å². The zero-order valence-corrected chi connectivity index (χ0v) is 9.42. The van der Waals surface area contributed by atoms with E-state index < -0.39 is 0 Å². The average molecular weight is 213 g/mol. The van der Waals surface area contributed by atoms with Crippen LogP contribution in [0, 0.1) is 11.8 Å². The van der Waals surface area contributed by atoms with Crippen molar-refractivity contribution >= 4 is 12.6 Å². The fraction of sp³-hybridized carbons (Fsp3) is 0.818. The molecule has 0 spiro atoms. The van der Waals surface area contributed by atoms with Gasteiger partial charge in [-0.2, -0.15) is 12.6 Å². The lowest BCUT2D eigenvalue weighted by Gasteiger charge is -2.18. The molecule has 2 fully saturated rings. The third kappa shape index (κ3) is 2.00. The van der Waals surface area contributed by atoms with E-state index in [4.69, 9.17) is 0 Å². The van der Waals surface area contributed by atoms with Crippen LogP contribution in [0.5, 0.6) is 0 Å². The highest BCUT2D eigenvalue weighted by Crippen LogP contribution is 2.38. The molecule has 2 nitrogen and oxygen atoms in total. The van der Waals surface area contributed by atoms with Gasteiger partial charge in [-0.3, -0.25) is 4.90 Å². The highest BCUT2D eigenvalue weighted by Gasteiger charge is 2.41. The molecule has 1 aliphatic heterocycles. The number of fused-ring (bicyclic) bond motifs is 1. The Morgan fingerprint density at radius 2 is 2.21 bits per heavy atom. The highest BCUT2D eigenvalue weighted by atomic mass is 32.1. The van der Waals surface area contributed by atoms with Crippen LogP contribution in [0.25, 0.3) is 0 Å². The Bertz CT molecular complexity index is 231. The number of rotatable bonds is 3. The fourth-order valence-corrected chi connectivity index (χ4v) is 2.92. The predicted molar refractivity (Wildman–Crippen MR) is 61.7 cm³/mol. The van der Waals surface area contributed by atoms with Gasteiger partial charge >= 0.3 is 0 Å². The molecule has 2 aliphatic rings. The Morgan fingerprint density at radius 3 is 2.86 bits per heavy atom. The number of aliphatic hydroxyl groups excluding tert-OH is 1. The minimum atomic E-state index is -0.0470. The van der Waals surface area contributed by atoms with Gasteiger partial charge < -0.3 is 5.11 Å². The van der Waals surface area contributed by atoms with Crippen molar-refractivity contribution in [2.75, 3.05) is 25.4 Å². The van der Waals surface area contributed by atoms with Gasteiger partial charge in [0.15, 0.2) is 0 Å². The second kappa shape index (κ2) is 4.25. The van der Waals surface area contributed by atoms with Crippen molar-refractivity contribution in [1.82, 2.24) is 4.90 Å². The molecule has 14 heavy (non-hydrogen) atoms. The summed E-state index contributed by atoms with van der Waals surface area (Å²) in [6.07, 6.45) is 2.17. The van der Waals surface area contributed by atoms with Crippen LogP contribution in [-0.2, 0) is 0 Å². The maximum absolute atomic E-state index is 9.74. The molecule has 0 aromatic rings. The first-order valence-corrected chi connectivity index (χ1v) is 6.02. The molecule has 3 heteroatoms. The molecule has 0 aromatic heterocycles. The van der Waals surface area contributed by atoms with Crippen LogP contribution in [0.2, 0.25) is 0 Å². The Kier molecular flexibility index (Phi) is 3.20. The number of hydrogen-bond donors (Lipinski definition) is 2. The summed E-state index contributed by atoms with van der Waals surface area (Å²) in [6.45, 7) is 7.13. The van der Waals surface area contributed by atoms with Gasteiger partial charge in [0.05, 0.1) is 6.10 Å². The maximum atomic E-state index is 9.74. The Morgan fingerprint density at radius 1 is 1.43 bits per heavy atom. The van der Waals surface area contributed by atoms with Crippen LogP contribution >= 0.6 is 12.6 Å². The number of hydrogen-bond acceptors (Lipinski definition) is 3. The second-order valence-corrected chi connectivity index (χ2v) is 4.99. The molecule has 0 aromatic carbocycles. The quantitative estimate of drug-likeness (QED) is 0.543. The van der Waals surface area contributed by atoms with Crippen molar-refractivity contribution in [3.8, 4) is 0 Å². The van der Waals surface area contributed by atoms with Gasteiger partial charge in [-0.25, -0.2) is 0 Å². The van der Waals surface area contributed by atoms with E-state index in [1.165, 1.54) is 12.0 Å². The van der Waals surface area contributed by atoms with E-state index in [1.54, 1.807) is 0 Å². The molecule has 1 heterocycles. The minimum absolute atomic E-state index is 0.0470. The third-order valence-electron chi connectivity index (χ3n) is 3.57. The molecule has 1 saturated heterocycles. The lowest BCUT2D eigenvalue weighted by atomic mass is 10.00. The summed E-state index contributed by atoms with van der Waals surface area (Å²) in [5, 5.41) is 9.74. The zero-order valence-electron chi connectivity index (χ0n) is 8.52. The number of aliphatic hydroxyl groups is 1. The Labute approximate surface area is 91.4 Å². The van der Waals surface area contributed by atoms with E-state index in [0.29, 0.717) is 5.92 Å². The highest BCUT2D eigenvalue weighted by molar-refractivity contribution is 7.80. The normalized spacial score (nSPS) is 37.4. The van der Waals surface area contributed by atoms with Crippen molar-refractivity contribution < 1.29 is 5.11 Å². The Hall–Kier alpha value is 0.01000. The van der Waals surface area contributed by atoms with Crippen molar-refractivity contribution in [3.63, 3.8) is 0 Å². The molecular formula is C11H19NOS. The van der Waals surface area contributed by atoms with Gasteiger partial charge in [0, 0.05) is 31.3 Å². The maximum Gasteiger partial charge on any atom is 0.0583 e. The van der Waals surface area contributed by atoms with E-state index in [9.17, 15) is 5.11 Å². The average Bonchev–Trinajstić information content (AvgIpc) is 2.69. The predicted octanol–water partition coefficient (Wildman–Crippen LogP) is 1.18. The van der Waals surface area contributed by atoms with Gasteiger partial charge in [0.25, 0.3) is 0 Å². The molecule has 3 atom stereocenters. The molecule has 0 radical (unpaired) electrons. The molecule has 2 rings (SSSR count). The van der Waals surface area contributed by atoms with Crippen molar-refractivity contribution in [2.45, 2.75) is 18.9 Å². The van der Waals surface area contributed by atoms with Crippen LogP contribution < -0.4 is 0 Å². The monoisotopic (exact) mass is 213 g/mol. The molecule has 0 amide bonds. The molecule has 80 valence electrons. The Balaban J connectivity index is 1.86. The first kappa shape index (κ1) is 10.5. The number of nitrogens with zero attached hydrogens (tertiary/aromatic N) is 1. The van der Waals surface area contributed by atoms with Crippen LogP contribution in [0.3, 0.4) is 0 Å². The first-order chi connectivity index (χ1) is 6.70. The second-order valence-electron chi connectivity index (χ2n) is 4.67. The molecular weight excluding hydrogens is 194 g/mol. The summed E-state index contributed by atoms with van der Waals surface area (Å²) >= 11 is 4.21. The van der Waals surface area contributed by atoms with Gasteiger partial charge in [0.2, 0.25) is 0 Å². The largest absolute Gasteiger partial charge is 0.393 e. The van der Waals surface area contributed by atoms with E-state index in [1.807, 2.05) is 0 Å². The van der Waals surface area contributed by atoms with E-state index >= 15 is 0 Å². The van der Waals surface area contributed by atoms with Crippen LogP contribution in [0.15, 0.2) is 12.2 Å².